The first-order valence-electron chi connectivity index (χ1n) is 11.2. The molecule has 5 aromatic rings. The van der Waals surface area contributed by atoms with Crippen LogP contribution in [0.5, 0.6) is 0 Å². The summed E-state index contributed by atoms with van der Waals surface area (Å²) >= 11 is 1.41. The van der Waals surface area contributed by atoms with Gasteiger partial charge < -0.3 is 9.88 Å². The van der Waals surface area contributed by atoms with Gasteiger partial charge in [0.05, 0.1) is 12.3 Å². The Morgan fingerprint density at radius 3 is 2.24 bits per heavy atom. The average Bonchev–Trinajstić information content (AvgIpc) is 3.25. The van der Waals surface area contributed by atoms with Crippen LogP contribution in [0.15, 0.2) is 108 Å². The summed E-state index contributed by atoms with van der Waals surface area (Å²) in [5, 5.41) is 14.8. The van der Waals surface area contributed by atoms with Gasteiger partial charge in [-0.2, -0.15) is 0 Å². The normalized spacial score (nSPS) is 10.9. The quantitative estimate of drug-likeness (QED) is 0.295. The van der Waals surface area contributed by atoms with E-state index in [0.29, 0.717) is 13.0 Å². The summed E-state index contributed by atoms with van der Waals surface area (Å²) in [5.41, 5.74) is 3.16. The van der Waals surface area contributed by atoms with Crippen molar-refractivity contribution in [3.63, 3.8) is 0 Å². The molecule has 168 valence electrons. The highest BCUT2D eigenvalue weighted by molar-refractivity contribution is 7.99. The highest BCUT2D eigenvalue weighted by Gasteiger charge is 2.16. The molecule has 0 aliphatic rings. The highest BCUT2D eigenvalue weighted by Crippen LogP contribution is 2.24. The summed E-state index contributed by atoms with van der Waals surface area (Å²) < 4.78 is 2.11. The van der Waals surface area contributed by atoms with Gasteiger partial charge in [-0.1, -0.05) is 109 Å². The molecule has 1 amide bonds. The van der Waals surface area contributed by atoms with Gasteiger partial charge in [0.2, 0.25) is 5.91 Å². The minimum atomic E-state index is -0.0692. The first kappa shape index (κ1) is 21.9. The van der Waals surface area contributed by atoms with Gasteiger partial charge in [-0.25, -0.2) is 0 Å². The maximum atomic E-state index is 12.8. The number of rotatable bonds is 8. The number of hydrogen-bond acceptors (Lipinski definition) is 4. The number of anilines is 1. The van der Waals surface area contributed by atoms with Crippen LogP contribution in [0.3, 0.4) is 0 Å². The fourth-order valence-corrected chi connectivity index (χ4v) is 4.67. The number of hydrogen-bond donors (Lipinski definition) is 1. The van der Waals surface area contributed by atoms with Crippen molar-refractivity contribution in [2.75, 3.05) is 11.1 Å². The van der Waals surface area contributed by atoms with Gasteiger partial charge in [-0.3, -0.25) is 4.79 Å². The van der Waals surface area contributed by atoms with Crippen molar-refractivity contribution in [3.05, 3.63) is 120 Å². The van der Waals surface area contributed by atoms with Gasteiger partial charge in [0, 0.05) is 17.5 Å². The number of carbonyl (C=O) groups is 1. The molecule has 0 aliphatic heterocycles. The molecule has 1 heterocycles. The van der Waals surface area contributed by atoms with Crippen LogP contribution in [0.25, 0.3) is 10.8 Å². The lowest BCUT2D eigenvalue weighted by Crippen LogP contribution is -2.15. The molecule has 0 bridgehead atoms. The van der Waals surface area contributed by atoms with Gasteiger partial charge in [-0.15, -0.1) is 10.2 Å². The Balaban J connectivity index is 1.33. The third-order valence-electron chi connectivity index (χ3n) is 5.58. The Hall–Kier alpha value is -3.90. The number of benzene rings is 4. The lowest BCUT2D eigenvalue weighted by molar-refractivity contribution is -0.113. The summed E-state index contributed by atoms with van der Waals surface area (Å²) in [7, 11) is 0. The van der Waals surface area contributed by atoms with E-state index in [4.69, 9.17) is 0 Å². The van der Waals surface area contributed by atoms with Crippen LogP contribution in [0.1, 0.15) is 17.0 Å². The predicted octanol–water partition coefficient (Wildman–Crippen LogP) is 5.80. The van der Waals surface area contributed by atoms with E-state index in [-0.39, 0.29) is 11.7 Å². The summed E-state index contributed by atoms with van der Waals surface area (Å²) in [6.07, 6.45) is 0.684. The highest BCUT2D eigenvalue weighted by atomic mass is 32.2. The summed E-state index contributed by atoms with van der Waals surface area (Å²) in [6, 6.07) is 34.5. The topological polar surface area (TPSA) is 59.8 Å². The number of fused-ring (bicyclic) bond motifs is 1. The largest absolute Gasteiger partial charge is 0.325 e. The number of nitrogens with zero attached hydrogens (tertiary/aromatic N) is 3. The Morgan fingerprint density at radius 1 is 0.765 bits per heavy atom. The summed E-state index contributed by atoms with van der Waals surface area (Å²) in [6.45, 7) is 0.656. The second-order valence-corrected chi connectivity index (χ2v) is 8.94. The number of amides is 1. The molecule has 0 atom stereocenters. The Kier molecular flexibility index (Phi) is 6.68. The van der Waals surface area contributed by atoms with Crippen molar-refractivity contribution >= 4 is 34.1 Å². The molecule has 4 aromatic carbocycles. The molecule has 0 aliphatic carbocycles. The molecule has 0 fully saturated rings. The molecule has 0 spiro atoms. The fraction of sp³-hybridized carbons (Fsp3) is 0.107. The summed E-state index contributed by atoms with van der Waals surface area (Å²) in [4.78, 5) is 12.8. The molecule has 0 saturated heterocycles. The van der Waals surface area contributed by atoms with Crippen molar-refractivity contribution in [1.29, 1.82) is 0 Å². The number of nitrogens with one attached hydrogen (secondary N) is 1. The zero-order valence-electron chi connectivity index (χ0n) is 18.6. The minimum Gasteiger partial charge on any atom is -0.325 e. The van der Waals surface area contributed by atoms with Gasteiger partial charge in [-0.05, 0) is 22.6 Å². The van der Waals surface area contributed by atoms with Crippen molar-refractivity contribution in [3.8, 4) is 0 Å². The van der Waals surface area contributed by atoms with Crippen LogP contribution in [0.2, 0.25) is 0 Å². The zero-order chi connectivity index (χ0) is 23.2. The Bertz CT molecular complexity index is 1390. The molecular weight excluding hydrogens is 440 g/mol. The van der Waals surface area contributed by atoms with Crippen LogP contribution in [-0.2, 0) is 17.8 Å². The number of thioether (sulfide) groups is 1. The smallest absolute Gasteiger partial charge is 0.234 e. The molecule has 5 rings (SSSR count). The molecular formula is C28H24N4OS. The standard InChI is InChI=1S/C28H24N4OS/c33-27(29-25-17-9-15-23-14-7-8-16-24(23)25)20-34-28-31-30-26(18-21-10-3-1-4-11-21)32(28)19-22-12-5-2-6-13-22/h1-17H,18-20H2,(H,29,33). The van der Waals surface area contributed by atoms with E-state index in [1.807, 2.05) is 78.9 Å². The maximum absolute atomic E-state index is 12.8. The van der Waals surface area contributed by atoms with Crippen LogP contribution in [0.4, 0.5) is 5.69 Å². The summed E-state index contributed by atoms with van der Waals surface area (Å²) in [5.74, 6) is 1.06. The molecule has 1 aromatic heterocycles. The molecule has 5 nitrogen and oxygen atoms in total. The van der Waals surface area contributed by atoms with Crippen molar-refractivity contribution < 1.29 is 4.79 Å². The maximum Gasteiger partial charge on any atom is 0.234 e. The molecule has 0 radical (unpaired) electrons. The van der Waals surface area contributed by atoms with E-state index in [9.17, 15) is 4.79 Å². The van der Waals surface area contributed by atoms with E-state index in [1.54, 1.807) is 0 Å². The van der Waals surface area contributed by atoms with Crippen molar-refractivity contribution in [2.45, 2.75) is 18.1 Å². The van der Waals surface area contributed by atoms with Gasteiger partial charge in [0.1, 0.15) is 5.82 Å². The third kappa shape index (κ3) is 5.18. The lowest BCUT2D eigenvalue weighted by Gasteiger charge is -2.11. The van der Waals surface area contributed by atoms with E-state index >= 15 is 0 Å². The first-order chi connectivity index (χ1) is 16.8. The van der Waals surface area contributed by atoms with E-state index in [2.05, 4.69) is 44.3 Å². The molecule has 0 saturated carbocycles. The van der Waals surface area contributed by atoms with E-state index < -0.39 is 0 Å². The monoisotopic (exact) mass is 464 g/mol. The molecule has 1 N–H and O–H groups in total. The van der Waals surface area contributed by atoms with Crippen molar-refractivity contribution in [2.24, 2.45) is 0 Å². The van der Waals surface area contributed by atoms with E-state index in [1.165, 1.54) is 22.9 Å². The second kappa shape index (κ2) is 10.4. The van der Waals surface area contributed by atoms with Crippen LogP contribution in [0, 0.1) is 0 Å². The minimum absolute atomic E-state index is 0.0692. The fourth-order valence-electron chi connectivity index (χ4n) is 3.91. The number of carbonyl (C=O) groups excluding carboxylic acids is 1. The van der Waals surface area contributed by atoms with Crippen LogP contribution >= 0.6 is 11.8 Å². The lowest BCUT2D eigenvalue weighted by atomic mass is 10.1. The zero-order valence-corrected chi connectivity index (χ0v) is 19.4. The first-order valence-corrected chi connectivity index (χ1v) is 12.2. The van der Waals surface area contributed by atoms with E-state index in [0.717, 1.165) is 27.4 Å². The second-order valence-electron chi connectivity index (χ2n) is 8.00. The predicted molar refractivity (Wildman–Crippen MR) is 138 cm³/mol. The Labute approximate surface area is 202 Å². The van der Waals surface area contributed by atoms with Crippen molar-refractivity contribution in [1.82, 2.24) is 14.8 Å². The molecule has 34 heavy (non-hydrogen) atoms. The van der Waals surface area contributed by atoms with Gasteiger partial charge >= 0.3 is 0 Å². The average molecular weight is 465 g/mol. The van der Waals surface area contributed by atoms with Gasteiger partial charge in [0.25, 0.3) is 0 Å². The number of aromatic nitrogens is 3. The van der Waals surface area contributed by atoms with Crippen LogP contribution in [-0.4, -0.2) is 26.4 Å². The van der Waals surface area contributed by atoms with Crippen LogP contribution < -0.4 is 5.32 Å². The van der Waals surface area contributed by atoms with Gasteiger partial charge in [0.15, 0.2) is 5.16 Å². The SMILES string of the molecule is O=C(CSc1nnc(Cc2ccccc2)n1Cc1ccccc1)Nc1cccc2ccccc12. The molecule has 0 unspecified atom stereocenters. The third-order valence-corrected chi connectivity index (χ3v) is 6.54. The molecule has 6 heteroatoms. The Morgan fingerprint density at radius 2 is 1.44 bits per heavy atom.